The van der Waals surface area contributed by atoms with Gasteiger partial charge in [0.1, 0.15) is 0 Å². The van der Waals surface area contributed by atoms with Crippen molar-refractivity contribution >= 4 is 0 Å². The number of benzene rings is 1. The van der Waals surface area contributed by atoms with Crippen molar-refractivity contribution in [3.05, 3.63) is 47.0 Å². The molecule has 1 aromatic rings. The Labute approximate surface area is 126 Å². The van der Waals surface area contributed by atoms with Crippen LogP contribution in [0.2, 0.25) is 0 Å². The molecule has 0 heterocycles. The summed E-state index contributed by atoms with van der Waals surface area (Å²) in [6.45, 7) is 2.10. The predicted octanol–water partition coefficient (Wildman–Crippen LogP) is 5.45. The fourth-order valence-corrected chi connectivity index (χ4v) is 4.29. The molecule has 2 heteroatoms. The summed E-state index contributed by atoms with van der Waals surface area (Å²) in [6.07, 6.45) is 12.3. The molecule has 0 amide bonds. The summed E-state index contributed by atoms with van der Waals surface area (Å²) in [4.78, 5) is 0. The second kappa shape index (κ2) is 6.29. The minimum atomic E-state index is -0.695. The highest BCUT2D eigenvalue weighted by Gasteiger charge is 2.30. The van der Waals surface area contributed by atoms with Crippen molar-refractivity contribution in [1.29, 1.82) is 0 Å². The third-order valence-electron chi connectivity index (χ3n) is 5.49. The van der Waals surface area contributed by atoms with E-state index in [2.05, 4.69) is 19.1 Å². The first-order valence-electron chi connectivity index (χ1n) is 8.27. The van der Waals surface area contributed by atoms with Gasteiger partial charge in [0.25, 0.3) is 0 Å². The average molecular weight is 290 g/mol. The molecule has 0 aromatic heterocycles. The van der Waals surface area contributed by atoms with Gasteiger partial charge in [-0.2, -0.15) is 0 Å². The van der Waals surface area contributed by atoms with E-state index in [4.69, 9.17) is 0 Å². The third-order valence-corrected chi connectivity index (χ3v) is 5.49. The molecule has 1 atom stereocenters. The van der Waals surface area contributed by atoms with Crippen molar-refractivity contribution in [2.45, 2.75) is 51.9 Å². The second-order valence-electron chi connectivity index (χ2n) is 6.70. The monoisotopic (exact) mass is 290 g/mol. The molecule has 0 nitrogen and oxygen atoms in total. The smallest absolute Gasteiger partial charge is 0.162 e. The molecule has 1 saturated carbocycles. The largest absolute Gasteiger partial charge is 0.204 e. The van der Waals surface area contributed by atoms with Crippen molar-refractivity contribution in [3.8, 4) is 0 Å². The minimum absolute atomic E-state index is 0.609. The van der Waals surface area contributed by atoms with E-state index in [0.717, 1.165) is 30.2 Å². The molecular weight excluding hydrogens is 266 g/mol. The lowest BCUT2D eigenvalue weighted by atomic mass is 9.70. The molecule has 2 aliphatic rings. The van der Waals surface area contributed by atoms with Crippen LogP contribution in [0.15, 0.2) is 24.3 Å². The van der Waals surface area contributed by atoms with Gasteiger partial charge < -0.3 is 0 Å². The lowest BCUT2D eigenvalue weighted by molar-refractivity contribution is 0.205. The molecule has 1 unspecified atom stereocenters. The Bertz CT molecular complexity index is 525. The van der Waals surface area contributed by atoms with Gasteiger partial charge in [-0.3, -0.25) is 0 Å². The Balaban J connectivity index is 1.66. The average Bonchev–Trinajstić information content (AvgIpc) is 2.52. The number of rotatable bonds is 2. The minimum Gasteiger partial charge on any atom is -0.204 e. The summed E-state index contributed by atoms with van der Waals surface area (Å²) in [7, 11) is 0. The third kappa shape index (κ3) is 3.04. The number of fused-ring (bicyclic) bond motifs is 1. The standard InChI is InChI=1S/C19H24F2/c1-2-3-13-4-6-14(7-5-13)15-8-10-17-16(12-15)9-11-18(20)19(17)21/h2-3,9,11,13-15H,4-8,10,12H2,1H3/b3-2+. The molecular formula is C19H24F2. The van der Waals surface area contributed by atoms with Crippen LogP contribution in [0.3, 0.4) is 0 Å². The van der Waals surface area contributed by atoms with E-state index in [-0.39, 0.29) is 0 Å². The normalized spacial score (nSPS) is 29.6. The Kier molecular flexibility index (Phi) is 4.42. The van der Waals surface area contributed by atoms with Gasteiger partial charge >= 0.3 is 0 Å². The molecule has 0 spiro atoms. The molecule has 0 N–H and O–H groups in total. The highest BCUT2D eigenvalue weighted by Crippen LogP contribution is 2.40. The van der Waals surface area contributed by atoms with Gasteiger partial charge in [0.05, 0.1) is 0 Å². The van der Waals surface area contributed by atoms with Crippen LogP contribution in [0.4, 0.5) is 8.78 Å². The molecule has 114 valence electrons. The van der Waals surface area contributed by atoms with Crippen LogP contribution in [0.5, 0.6) is 0 Å². The zero-order valence-electron chi connectivity index (χ0n) is 12.7. The summed E-state index contributed by atoms with van der Waals surface area (Å²) in [6, 6.07) is 3.09. The SMILES string of the molecule is C/C=C/C1CCC(C2CCc3c(ccc(F)c3F)C2)CC1. The Morgan fingerprint density at radius 1 is 1.00 bits per heavy atom. The van der Waals surface area contributed by atoms with Crippen LogP contribution >= 0.6 is 0 Å². The molecule has 3 rings (SSSR count). The zero-order chi connectivity index (χ0) is 14.8. The van der Waals surface area contributed by atoms with E-state index in [0.29, 0.717) is 17.9 Å². The van der Waals surface area contributed by atoms with E-state index >= 15 is 0 Å². The Morgan fingerprint density at radius 2 is 1.76 bits per heavy atom. The number of hydrogen-bond donors (Lipinski definition) is 0. The number of allylic oxidation sites excluding steroid dienone is 2. The predicted molar refractivity (Wildman–Crippen MR) is 82.1 cm³/mol. The van der Waals surface area contributed by atoms with Crippen LogP contribution in [0.25, 0.3) is 0 Å². The van der Waals surface area contributed by atoms with Gasteiger partial charge in [0.2, 0.25) is 0 Å². The summed E-state index contributed by atoms with van der Waals surface area (Å²) in [5.74, 6) is 0.886. The van der Waals surface area contributed by atoms with Crippen molar-refractivity contribution < 1.29 is 8.78 Å². The lowest BCUT2D eigenvalue weighted by Gasteiger charge is -2.36. The van der Waals surface area contributed by atoms with Crippen molar-refractivity contribution in [1.82, 2.24) is 0 Å². The molecule has 0 radical (unpaired) electrons. The van der Waals surface area contributed by atoms with Crippen molar-refractivity contribution in [2.75, 3.05) is 0 Å². The van der Waals surface area contributed by atoms with Crippen LogP contribution in [-0.2, 0) is 12.8 Å². The molecule has 0 saturated heterocycles. The van der Waals surface area contributed by atoms with Crippen molar-refractivity contribution in [3.63, 3.8) is 0 Å². The van der Waals surface area contributed by atoms with E-state index in [1.165, 1.54) is 31.7 Å². The summed E-state index contributed by atoms with van der Waals surface area (Å²) in [5, 5.41) is 0. The number of hydrogen-bond acceptors (Lipinski definition) is 0. The molecule has 21 heavy (non-hydrogen) atoms. The number of halogens is 2. The quantitative estimate of drug-likeness (QED) is 0.635. The van der Waals surface area contributed by atoms with Crippen LogP contribution in [0, 0.1) is 29.4 Å². The first-order valence-corrected chi connectivity index (χ1v) is 8.27. The second-order valence-corrected chi connectivity index (χ2v) is 6.70. The molecule has 0 aliphatic heterocycles. The van der Waals surface area contributed by atoms with Gasteiger partial charge in [0.15, 0.2) is 11.6 Å². The Morgan fingerprint density at radius 3 is 2.48 bits per heavy atom. The van der Waals surface area contributed by atoms with Crippen LogP contribution in [-0.4, -0.2) is 0 Å². The first-order chi connectivity index (χ1) is 10.2. The highest BCUT2D eigenvalue weighted by molar-refractivity contribution is 5.32. The summed E-state index contributed by atoms with van der Waals surface area (Å²) < 4.78 is 27.1. The van der Waals surface area contributed by atoms with E-state index < -0.39 is 11.6 Å². The van der Waals surface area contributed by atoms with Gasteiger partial charge in [-0.05, 0) is 86.8 Å². The van der Waals surface area contributed by atoms with E-state index in [9.17, 15) is 8.78 Å². The first kappa shape index (κ1) is 14.7. The van der Waals surface area contributed by atoms with Gasteiger partial charge in [0, 0.05) is 0 Å². The molecule has 1 aromatic carbocycles. The Hall–Kier alpha value is -1.18. The molecule has 1 fully saturated rings. The lowest BCUT2D eigenvalue weighted by Crippen LogP contribution is -2.26. The maximum absolute atomic E-state index is 13.8. The van der Waals surface area contributed by atoms with Gasteiger partial charge in [-0.1, -0.05) is 18.2 Å². The zero-order valence-corrected chi connectivity index (χ0v) is 12.7. The maximum Gasteiger partial charge on any atom is 0.162 e. The van der Waals surface area contributed by atoms with Gasteiger partial charge in [-0.25, -0.2) is 8.78 Å². The van der Waals surface area contributed by atoms with E-state index in [1.54, 1.807) is 6.07 Å². The molecule has 2 aliphatic carbocycles. The summed E-state index contributed by atoms with van der Waals surface area (Å²) in [5.41, 5.74) is 1.68. The fraction of sp³-hybridized carbons (Fsp3) is 0.579. The highest BCUT2D eigenvalue weighted by atomic mass is 19.2. The van der Waals surface area contributed by atoms with Gasteiger partial charge in [-0.15, -0.1) is 0 Å². The van der Waals surface area contributed by atoms with Crippen LogP contribution in [0.1, 0.15) is 50.2 Å². The fourth-order valence-electron chi connectivity index (χ4n) is 4.29. The van der Waals surface area contributed by atoms with Crippen LogP contribution < -0.4 is 0 Å². The van der Waals surface area contributed by atoms with Crippen molar-refractivity contribution in [2.24, 2.45) is 17.8 Å². The topological polar surface area (TPSA) is 0 Å². The van der Waals surface area contributed by atoms with E-state index in [1.807, 2.05) is 0 Å². The maximum atomic E-state index is 13.8. The summed E-state index contributed by atoms with van der Waals surface area (Å²) >= 11 is 0. The molecule has 0 bridgehead atoms.